The number of hydrogen-bond donors (Lipinski definition) is 1. The van der Waals surface area contributed by atoms with E-state index >= 15 is 0 Å². The van der Waals surface area contributed by atoms with Gasteiger partial charge < -0.3 is 10.1 Å². The van der Waals surface area contributed by atoms with Crippen molar-refractivity contribution in [2.45, 2.75) is 39.2 Å². The van der Waals surface area contributed by atoms with E-state index in [-0.39, 0.29) is 5.91 Å². The molecule has 0 bridgehead atoms. The lowest BCUT2D eigenvalue weighted by atomic mass is 9.90. The minimum Gasteiger partial charge on any atom is -0.379 e. The highest BCUT2D eigenvalue weighted by Crippen LogP contribution is 2.31. The summed E-state index contributed by atoms with van der Waals surface area (Å²) >= 11 is 0. The zero-order valence-electron chi connectivity index (χ0n) is 19.8. The summed E-state index contributed by atoms with van der Waals surface area (Å²) < 4.78 is 7.27. The number of benzene rings is 1. The van der Waals surface area contributed by atoms with Gasteiger partial charge in [-0.1, -0.05) is 24.3 Å². The van der Waals surface area contributed by atoms with Gasteiger partial charge in [0.1, 0.15) is 0 Å². The first-order valence-electron chi connectivity index (χ1n) is 12.0. The number of hydrogen-bond acceptors (Lipinski definition) is 5. The summed E-state index contributed by atoms with van der Waals surface area (Å²) in [6, 6.07) is 12.4. The summed E-state index contributed by atoms with van der Waals surface area (Å²) in [5, 5.41) is 7.40. The first-order valence-corrected chi connectivity index (χ1v) is 12.0. The monoisotopic (exact) mass is 457 g/mol. The Kier molecular flexibility index (Phi) is 6.56. The Bertz CT molecular complexity index is 1190. The average molecular weight is 458 g/mol. The molecule has 5 rings (SSSR count). The molecular formula is C27H31N5O2. The van der Waals surface area contributed by atoms with Crippen molar-refractivity contribution in [3.8, 4) is 5.69 Å². The van der Waals surface area contributed by atoms with Crippen molar-refractivity contribution in [3.05, 3.63) is 77.4 Å². The zero-order valence-corrected chi connectivity index (χ0v) is 19.8. The van der Waals surface area contributed by atoms with E-state index in [1.807, 2.05) is 43.3 Å². The van der Waals surface area contributed by atoms with Gasteiger partial charge in [0.15, 0.2) is 0 Å². The largest absolute Gasteiger partial charge is 0.379 e. The van der Waals surface area contributed by atoms with Crippen LogP contribution >= 0.6 is 0 Å². The molecule has 1 aliphatic heterocycles. The number of allylic oxidation sites excluding steroid dienone is 1. The van der Waals surface area contributed by atoms with Gasteiger partial charge in [-0.3, -0.25) is 14.7 Å². The van der Waals surface area contributed by atoms with Crippen LogP contribution in [-0.4, -0.2) is 57.9 Å². The minimum absolute atomic E-state index is 0.182. The third-order valence-electron chi connectivity index (χ3n) is 6.84. The van der Waals surface area contributed by atoms with E-state index in [0.717, 1.165) is 68.2 Å². The molecule has 1 amide bonds. The number of nitrogens with zero attached hydrogens (tertiary/aromatic N) is 4. The van der Waals surface area contributed by atoms with Gasteiger partial charge >= 0.3 is 0 Å². The van der Waals surface area contributed by atoms with Crippen LogP contribution in [0.15, 0.2) is 54.9 Å². The summed E-state index contributed by atoms with van der Waals surface area (Å²) in [4.78, 5) is 20.2. The van der Waals surface area contributed by atoms with Crippen LogP contribution < -0.4 is 5.32 Å². The number of nitrogens with one attached hydrogen (secondary N) is 1. The molecule has 3 heterocycles. The van der Waals surface area contributed by atoms with Crippen molar-refractivity contribution < 1.29 is 9.53 Å². The molecule has 3 aromatic rings. The molecule has 2 aliphatic rings. The van der Waals surface area contributed by atoms with Gasteiger partial charge in [0.2, 0.25) is 0 Å². The van der Waals surface area contributed by atoms with E-state index in [9.17, 15) is 4.79 Å². The Morgan fingerprint density at radius 3 is 2.62 bits per heavy atom. The Morgan fingerprint density at radius 1 is 1.12 bits per heavy atom. The smallest absolute Gasteiger partial charge is 0.259 e. The van der Waals surface area contributed by atoms with Crippen LogP contribution in [0, 0.1) is 13.8 Å². The summed E-state index contributed by atoms with van der Waals surface area (Å²) in [5.41, 5.74) is 6.39. The van der Waals surface area contributed by atoms with Crippen LogP contribution in [-0.2, 0) is 4.74 Å². The van der Waals surface area contributed by atoms with Crippen LogP contribution in [0.2, 0.25) is 0 Å². The molecule has 1 N–H and O–H groups in total. The Morgan fingerprint density at radius 2 is 1.91 bits per heavy atom. The van der Waals surface area contributed by atoms with E-state index in [4.69, 9.17) is 9.72 Å². The lowest BCUT2D eigenvalue weighted by Gasteiger charge is -2.36. The average Bonchev–Trinajstić information content (AvgIpc) is 3.27. The van der Waals surface area contributed by atoms with Crippen molar-refractivity contribution in [2.75, 3.05) is 31.6 Å². The molecule has 176 valence electrons. The standard InChI is InChI=1S/C27H31N5O2/c1-19-16-22(30-27(33)25-18-29-32(20(25)2)24-6-4-3-5-7-24)17-28-26(19)21-8-10-23(11-9-21)31-12-14-34-15-13-31/h3-8,16-18,23H,9-15H2,1-2H3,(H,30,33). The predicted octanol–water partition coefficient (Wildman–Crippen LogP) is 4.40. The highest BCUT2D eigenvalue weighted by molar-refractivity contribution is 6.05. The fraction of sp³-hybridized carbons (Fsp3) is 0.370. The second kappa shape index (κ2) is 9.91. The molecule has 34 heavy (non-hydrogen) atoms. The number of aryl methyl sites for hydroxylation is 1. The van der Waals surface area contributed by atoms with Crippen LogP contribution in [0.25, 0.3) is 11.3 Å². The number of rotatable bonds is 5. The van der Waals surface area contributed by atoms with Gasteiger partial charge in [0.05, 0.1) is 53.9 Å². The number of carbonyl (C=O) groups is 1. The number of amides is 1. The minimum atomic E-state index is -0.182. The third kappa shape index (κ3) is 4.67. The lowest BCUT2D eigenvalue weighted by molar-refractivity contribution is 0.0150. The second-order valence-electron chi connectivity index (χ2n) is 9.04. The molecule has 1 unspecified atom stereocenters. The SMILES string of the molecule is Cc1cc(NC(=O)c2cnn(-c3ccccc3)c2C)cnc1C1=CCC(N2CCOCC2)CC1. The second-order valence-corrected chi connectivity index (χ2v) is 9.04. The Labute approximate surface area is 200 Å². The topological polar surface area (TPSA) is 72.3 Å². The number of para-hydroxylation sites is 1. The molecular weight excluding hydrogens is 426 g/mol. The normalized spacial score (nSPS) is 19.0. The van der Waals surface area contributed by atoms with Crippen LogP contribution in [0.5, 0.6) is 0 Å². The van der Waals surface area contributed by atoms with Crippen LogP contribution in [0.3, 0.4) is 0 Å². The molecule has 7 nitrogen and oxygen atoms in total. The first-order chi connectivity index (χ1) is 16.6. The third-order valence-corrected chi connectivity index (χ3v) is 6.84. The molecule has 1 atom stereocenters. The van der Waals surface area contributed by atoms with Gasteiger partial charge in [-0.05, 0) is 62.4 Å². The number of pyridine rings is 1. The van der Waals surface area contributed by atoms with Gasteiger partial charge in [-0.25, -0.2) is 4.68 Å². The molecule has 0 radical (unpaired) electrons. The van der Waals surface area contributed by atoms with E-state index in [1.54, 1.807) is 17.1 Å². The number of carbonyl (C=O) groups excluding carboxylic acids is 1. The van der Waals surface area contributed by atoms with Crippen LogP contribution in [0.4, 0.5) is 5.69 Å². The highest BCUT2D eigenvalue weighted by atomic mass is 16.5. The molecule has 0 spiro atoms. The molecule has 0 saturated carbocycles. The molecule has 1 fully saturated rings. The van der Waals surface area contributed by atoms with E-state index < -0.39 is 0 Å². The molecule has 2 aromatic heterocycles. The van der Waals surface area contributed by atoms with E-state index in [2.05, 4.69) is 28.3 Å². The maximum Gasteiger partial charge on any atom is 0.259 e. The number of anilines is 1. The quantitative estimate of drug-likeness (QED) is 0.615. The van der Waals surface area contributed by atoms with Crippen molar-refractivity contribution in [1.29, 1.82) is 0 Å². The summed E-state index contributed by atoms with van der Waals surface area (Å²) in [6.45, 7) is 7.71. The zero-order chi connectivity index (χ0) is 23.5. The number of ether oxygens (including phenoxy) is 1. The molecule has 1 aliphatic carbocycles. The van der Waals surface area contributed by atoms with Crippen molar-refractivity contribution >= 4 is 17.2 Å². The summed E-state index contributed by atoms with van der Waals surface area (Å²) in [6.07, 6.45) is 8.95. The maximum atomic E-state index is 12.9. The Hall–Kier alpha value is -3.29. The molecule has 1 aromatic carbocycles. The van der Waals surface area contributed by atoms with E-state index in [1.165, 1.54) is 5.57 Å². The lowest BCUT2D eigenvalue weighted by Crippen LogP contribution is -2.43. The van der Waals surface area contributed by atoms with Gasteiger partial charge in [0.25, 0.3) is 5.91 Å². The van der Waals surface area contributed by atoms with Crippen molar-refractivity contribution in [2.24, 2.45) is 0 Å². The molecule has 7 heteroatoms. The van der Waals surface area contributed by atoms with Crippen LogP contribution in [0.1, 0.15) is 46.6 Å². The van der Waals surface area contributed by atoms with Crippen molar-refractivity contribution in [1.82, 2.24) is 19.7 Å². The Balaban J connectivity index is 1.26. The van der Waals surface area contributed by atoms with Crippen molar-refractivity contribution in [3.63, 3.8) is 0 Å². The van der Waals surface area contributed by atoms with Gasteiger partial charge in [0, 0.05) is 19.1 Å². The van der Waals surface area contributed by atoms with Gasteiger partial charge in [-0.2, -0.15) is 5.10 Å². The highest BCUT2D eigenvalue weighted by Gasteiger charge is 2.24. The molecule has 1 saturated heterocycles. The predicted molar refractivity (Wildman–Crippen MR) is 133 cm³/mol. The maximum absolute atomic E-state index is 12.9. The fourth-order valence-corrected chi connectivity index (χ4v) is 4.95. The summed E-state index contributed by atoms with van der Waals surface area (Å²) in [7, 11) is 0. The number of morpholine rings is 1. The first kappa shape index (κ1) is 22.5. The van der Waals surface area contributed by atoms with E-state index in [0.29, 0.717) is 17.3 Å². The summed E-state index contributed by atoms with van der Waals surface area (Å²) in [5.74, 6) is -0.182. The fourth-order valence-electron chi connectivity index (χ4n) is 4.95. The number of aromatic nitrogens is 3. The van der Waals surface area contributed by atoms with Gasteiger partial charge in [-0.15, -0.1) is 0 Å².